The van der Waals surface area contributed by atoms with Gasteiger partial charge in [0.05, 0.1) is 19.8 Å². The molecule has 5 heteroatoms. The molecule has 0 amide bonds. The Kier molecular flexibility index (Phi) is 7.88. The van der Waals surface area contributed by atoms with Gasteiger partial charge in [-0.2, -0.15) is 0 Å². The molecule has 2 aromatic rings. The second kappa shape index (κ2) is 10.8. The number of methoxy groups -OCH3 is 1. The Morgan fingerprint density at radius 1 is 1.07 bits per heavy atom. The number of hydrogen-bond acceptors (Lipinski definition) is 3. The van der Waals surface area contributed by atoms with Crippen molar-refractivity contribution < 1.29 is 9.47 Å². The van der Waals surface area contributed by atoms with Crippen molar-refractivity contribution in [3.8, 4) is 0 Å². The van der Waals surface area contributed by atoms with Gasteiger partial charge in [-0.15, -0.1) is 0 Å². The molecule has 1 saturated heterocycles. The third-order valence-electron chi connectivity index (χ3n) is 5.12. The summed E-state index contributed by atoms with van der Waals surface area (Å²) in [5, 5.41) is 3.51. The summed E-state index contributed by atoms with van der Waals surface area (Å²) in [6.45, 7) is 4.84. The number of likely N-dealkylation sites (tertiary alicyclic amines) is 1. The van der Waals surface area contributed by atoms with Crippen molar-refractivity contribution in [2.24, 2.45) is 10.9 Å². The lowest BCUT2D eigenvalue weighted by Gasteiger charge is -2.22. The van der Waals surface area contributed by atoms with Gasteiger partial charge >= 0.3 is 0 Å². The van der Waals surface area contributed by atoms with E-state index in [0.717, 1.165) is 38.6 Å². The number of rotatable bonds is 8. The maximum Gasteiger partial charge on any atom is 0.193 e. The predicted octanol–water partition coefficient (Wildman–Crippen LogP) is 3.45. The van der Waals surface area contributed by atoms with Crippen LogP contribution >= 0.6 is 0 Å². The lowest BCUT2D eigenvalue weighted by atomic mass is 10.1. The summed E-state index contributed by atoms with van der Waals surface area (Å²) in [7, 11) is 3.58. The molecule has 0 radical (unpaired) electrons. The zero-order valence-corrected chi connectivity index (χ0v) is 16.9. The third kappa shape index (κ3) is 5.81. The SMILES string of the molecule is CN=C(NCc1ccccc1COC)N1CCC(COCc2ccccc2)C1. The van der Waals surface area contributed by atoms with Crippen molar-refractivity contribution in [2.45, 2.75) is 26.2 Å². The van der Waals surface area contributed by atoms with Crippen LogP contribution < -0.4 is 5.32 Å². The molecule has 2 aromatic carbocycles. The summed E-state index contributed by atoms with van der Waals surface area (Å²) in [6, 6.07) is 18.7. The van der Waals surface area contributed by atoms with E-state index in [9.17, 15) is 0 Å². The number of hydrogen-bond donors (Lipinski definition) is 1. The first-order valence-corrected chi connectivity index (χ1v) is 9.93. The van der Waals surface area contributed by atoms with Gasteiger partial charge in [0.15, 0.2) is 5.96 Å². The van der Waals surface area contributed by atoms with Crippen molar-refractivity contribution in [1.29, 1.82) is 0 Å². The molecule has 1 unspecified atom stereocenters. The molecule has 5 nitrogen and oxygen atoms in total. The predicted molar refractivity (Wildman–Crippen MR) is 113 cm³/mol. The molecular weight excluding hydrogens is 350 g/mol. The van der Waals surface area contributed by atoms with Crippen LogP contribution in [-0.2, 0) is 29.2 Å². The molecule has 1 aliphatic rings. The molecule has 0 aliphatic carbocycles. The first kappa shape index (κ1) is 20.4. The van der Waals surface area contributed by atoms with Gasteiger partial charge in [-0.05, 0) is 23.1 Å². The third-order valence-corrected chi connectivity index (χ3v) is 5.12. The van der Waals surface area contributed by atoms with Gasteiger partial charge < -0.3 is 19.7 Å². The molecule has 1 N–H and O–H groups in total. The fourth-order valence-electron chi connectivity index (χ4n) is 3.61. The summed E-state index contributed by atoms with van der Waals surface area (Å²) in [4.78, 5) is 6.81. The van der Waals surface area contributed by atoms with Crippen LogP contribution in [0.1, 0.15) is 23.1 Å². The van der Waals surface area contributed by atoms with E-state index >= 15 is 0 Å². The molecule has 0 saturated carbocycles. The molecular formula is C23H31N3O2. The van der Waals surface area contributed by atoms with E-state index in [-0.39, 0.29) is 0 Å². The molecule has 1 atom stereocenters. The normalized spacial score (nSPS) is 17.1. The van der Waals surface area contributed by atoms with Gasteiger partial charge in [-0.1, -0.05) is 54.6 Å². The largest absolute Gasteiger partial charge is 0.380 e. The number of guanidine groups is 1. The molecule has 150 valence electrons. The van der Waals surface area contributed by atoms with Crippen LogP contribution in [-0.4, -0.2) is 44.7 Å². The zero-order chi connectivity index (χ0) is 19.6. The van der Waals surface area contributed by atoms with Crippen molar-refractivity contribution in [1.82, 2.24) is 10.2 Å². The van der Waals surface area contributed by atoms with E-state index in [1.807, 2.05) is 19.2 Å². The average Bonchev–Trinajstić information content (AvgIpc) is 3.19. The maximum atomic E-state index is 5.94. The summed E-state index contributed by atoms with van der Waals surface area (Å²) >= 11 is 0. The van der Waals surface area contributed by atoms with Crippen molar-refractivity contribution in [3.63, 3.8) is 0 Å². The van der Waals surface area contributed by atoms with E-state index in [4.69, 9.17) is 9.47 Å². The highest BCUT2D eigenvalue weighted by atomic mass is 16.5. The Morgan fingerprint density at radius 3 is 2.57 bits per heavy atom. The van der Waals surface area contributed by atoms with Gasteiger partial charge in [0.2, 0.25) is 0 Å². The number of benzene rings is 2. The van der Waals surface area contributed by atoms with Crippen molar-refractivity contribution in [2.75, 3.05) is 33.9 Å². The van der Waals surface area contributed by atoms with E-state index in [2.05, 4.69) is 57.7 Å². The number of nitrogens with one attached hydrogen (secondary N) is 1. The smallest absolute Gasteiger partial charge is 0.193 e. The van der Waals surface area contributed by atoms with Crippen LogP contribution in [0.3, 0.4) is 0 Å². The zero-order valence-electron chi connectivity index (χ0n) is 16.9. The van der Waals surface area contributed by atoms with Crippen LogP contribution in [0, 0.1) is 5.92 Å². The van der Waals surface area contributed by atoms with Gasteiger partial charge in [0.1, 0.15) is 0 Å². The van der Waals surface area contributed by atoms with Crippen molar-refractivity contribution >= 4 is 5.96 Å². The molecule has 1 heterocycles. The minimum absolute atomic E-state index is 0.544. The number of nitrogens with zero attached hydrogens (tertiary/aromatic N) is 2. The Hall–Kier alpha value is -2.37. The quantitative estimate of drug-likeness (QED) is 0.562. The highest BCUT2D eigenvalue weighted by molar-refractivity contribution is 5.80. The number of ether oxygens (including phenoxy) is 2. The Morgan fingerprint density at radius 2 is 1.82 bits per heavy atom. The van der Waals surface area contributed by atoms with Crippen LogP contribution in [0.15, 0.2) is 59.6 Å². The average molecular weight is 382 g/mol. The molecule has 0 spiro atoms. The van der Waals surface area contributed by atoms with E-state index < -0.39 is 0 Å². The van der Waals surface area contributed by atoms with Gasteiger partial charge in [-0.25, -0.2) is 0 Å². The van der Waals surface area contributed by atoms with Gasteiger partial charge in [-0.3, -0.25) is 4.99 Å². The second-order valence-electron chi connectivity index (χ2n) is 7.20. The highest BCUT2D eigenvalue weighted by Gasteiger charge is 2.25. The topological polar surface area (TPSA) is 46.1 Å². The molecule has 1 fully saturated rings. The fraction of sp³-hybridized carbons (Fsp3) is 0.435. The van der Waals surface area contributed by atoms with Crippen molar-refractivity contribution in [3.05, 3.63) is 71.3 Å². The Bertz CT molecular complexity index is 749. The van der Waals surface area contributed by atoms with Crippen LogP contribution in [0.25, 0.3) is 0 Å². The summed E-state index contributed by atoms with van der Waals surface area (Å²) < 4.78 is 11.2. The van der Waals surface area contributed by atoms with Gasteiger partial charge in [0, 0.05) is 39.7 Å². The molecule has 28 heavy (non-hydrogen) atoms. The number of aliphatic imine (C=N–C) groups is 1. The van der Waals surface area contributed by atoms with Gasteiger partial charge in [0.25, 0.3) is 0 Å². The highest BCUT2D eigenvalue weighted by Crippen LogP contribution is 2.18. The summed E-state index contributed by atoms with van der Waals surface area (Å²) in [5.74, 6) is 1.50. The molecule has 0 bridgehead atoms. The standard InChI is InChI=1S/C23H31N3O2/c1-24-23(25-14-21-10-6-7-11-22(21)18-27-2)26-13-12-20(15-26)17-28-16-19-8-4-3-5-9-19/h3-11,20H,12-18H2,1-2H3,(H,24,25). The molecule has 3 rings (SSSR count). The fourth-order valence-corrected chi connectivity index (χ4v) is 3.61. The second-order valence-corrected chi connectivity index (χ2v) is 7.20. The molecule has 0 aromatic heterocycles. The first-order valence-electron chi connectivity index (χ1n) is 9.93. The van der Waals surface area contributed by atoms with E-state index in [1.165, 1.54) is 16.7 Å². The monoisotopic (exact) mass is 381 g/mol. The van der Waals surface area contributed by atoms with E-state index in [1.54, 1.807) is 7.11 Å². The van der Waals surface area contributed by atoms with E-state index in [0.29, 0.717) is 19.1 Å². The Balaban J connectivity index is 1.45. The minimum atomic E-state index is 0.544. The maximum absolute atomic E-state index is 5.94. The molecule has 1 aliphatic heterocycles. The van der Waals surface area contributed by atoms with Crippen LogP contribution in [0.2, 0.25) is 0 Å². The minimum Gasteiger partial charge on any atom is -0.380 e. The summed E-state index contributed by atoms with van der Waals surface area (Å²) in [6.07, 6.45) is 1.13. The van der Waals surface area contributed by atoms with Crippen LogP contribution in [0.4, 0.5) is 0 Å². The lowest BCUT2D eigenvalue weighted by Crippen LogP contribution is -2.40. The van der Waals surface area contributed by atoms with Crippen LogP contribution in [0.5, 0.6) is 0 Å². The Labute approximate surface area is 168 Å². The lowest BCUT2D eigenvalue weighted by molar-refractivity contribution is 0.0906. The first-order chi connectivity index (χ1) is 13.8. The summed E-state index contributed by atoms with van der Waals surface area (Å²) in [5.41, 5.74) is 3.68.